The summed E-state index contributed by atoms with van der Waals surface area (Å²) in [5.41, 5.74) is 1.16. The predicted molar refractivity (Wildman–Crippen MR) is 70.3 cm³/mol. The molecular formula is C14H21NO2. The monoisotopic (exact) mass is 235 g/mol. The summed E-state index contributed by atoms with van der Waals surface area (Å²) in [6.07, 6.45) is 1.85. The van der Waals surface area contributed by atoms with Gasteiger partial charge in [0.1, 0.15) is 12.4 Å². The standard InChI is InChI=1S/C14H21NO2/c1-3-9-15-12-13-7-5-6-8-14(13)17-11-10-16-4-2/h3,5-8,15H,1,4,9-12H2,2H3. The molecule has 0 heterocycles. The lowest BCUT2D eigenvalue weighted by molar-refractivity contribution is 0.110. The third kappa shape index (κ3) is 5.52. The topological polar surface area (TPSA) is 30.5 Å². The van der Waals surface area contributed by atoms with Crippen LogP contribution < -0.4 is 10.1 Å². The largest absolute Gasteiger partial charge is 0.491 e. The van der Waals surface area contributed by atoms with Gasteiger partial charge < -0.3 is 14.8 Å². The minimum absolute atomic E-state index is 0.590. The van der Waals surface area contributed by atoms with Crippen molar-refractivity contribution in [3.05, 3.63) is 42.5 Å². The lowest BCUT2D eigenvalue weighted by atomic mass is 10.2. The zero-order valence-corrected chi connectivity index (χ0v) is 10.4. The Morgan fingerprint density at radius 1 is 1.29 bits per heavy atom. The second kappa shape index (κ2) is 8.79. The van der Waals surface area contributed by atoms with Gasteiger partial charge in [-0.05, 0) is 13.0 Å². The molecule has 1 aromatic rings. The van der Waals surface area contributed by atoms with E-state index in [0.29, 0.717) is 13.2 Å². The first-order valence-corrected chi connectivity index (χ1v) is 5.98. The van der Waals surface area contributed by atoms with Gasteiger partial charge in [-0.1, -0.05) is 24.3 Å². The first kappa shape index (κ1) is 13.7. The fourth-order valence-corrected chi connectivity index (χ4v) is 1.45. The number of para-hydroxylation sites is 1. The van der Waals surface area contributed by atoms with Crippen molar-refractivity contribution >= 4 is 0 Å². The SMILES string of the molecule is C=CCNCc1ccccc1OCCOCC. The Morgan fingerprint density at radius 3 is 2.88 bits per heavy atom. The summed E-state index contributed by atoms with van der Waals surface area (Å²) in [5, 5.41) is 3.26. The molecule has 3 nitrogen and oxygen atoms in total. The van der Waals surface area contributed by atoms with Gasteiger partial charge in [-0.25, -0.2) is 0 Å². The van der Waals surface area contributed by atoms with Crippen LogP contribution in [0.2, 0.25) is 0 Å². The second-order valence-corrected chi connectivity index (χ2v) is 3.57. The van der Waals surface area contributed by atoms with Crippen molar-refractivity contribution in [3.8, 4) is 5.75 Å². The van der Waals surface area contributed by atoms with Crippen LogP contribution in [0.1, 0.15) is 12.5 Å². The molecule has 0 radical (unpaired) electrons. The molecule has 0 bridgehead atoms. The molecule has 0 atom stereocenters. The van der Waals surface area contributed by atoms with Crippen LogP contribution in [0, 0.1) is 0 Å². The highest BCUT2D eigenvalue weighted by Gasteiger charge is 2.01. The van der Waals surface area contributed by atoms with Crippen molar-refractivity contribution in [1.82, 2.24) is 5.32 Å². The van der Waals surface area contributed by atoms with Gasteiger partial charge in [0.25, 0.3) is 0 Å². The predicted octanol–water partition coefficient (Wildman–Crippen LogP) is 2.38. The Hall–Kier alpha value is -1.32. The summed E-state index contributed by atoms with van der Waals surface area (Å²) in [6.45, 7) is 9.19. The molecule has 0 aliphatic rings. The van der Waals surface area contributed by atoms with E-state index in [1.54, 1.807) is 0 Å². The average molecular weight is 235 g/mol. The lowest BCUT2D eigenvalue weighted by Gasteiger charge is -2.11. The van der Waals surface area contributed by atoms with Crippen LogP contribution >= 0.6 is 0 Å². The van der Waals surface area contributed by atoms with Crippen molar-refractivity contribution in [3.63, 3.8) is 0 Å². The second-order valence-electron chi connectivity index (χ2n) is 3.57. The molecule has 1 aromatic carbocycles. The Balaban J connectivity index is 2.42. The van der Waals surface area contributed by atoms with Crippen molar-refractivity contribution in [2.24, 2.45) is 0 Å². The fraction of sp³-hybridized carbons (Fsp3) is 0.429. The summed E-state index contributed by atoms with van der Waals surface area (Å²) in [5.74, 6) is 0.920. The number of hydrogen-bond acceptors (Lipinski definition) is 3. The van der Waals surface area contributed by atoms with Crippen LogP contribution in [-0.4, -0.2) is 26.4 Å². The van der Waals surface area contributed by atoms with Crippen molar-refractivity contribution in [2.75, 3.05) is 26.4 Å². The van der Waals surface area contributed by atoms with E-state index in [-0.39, 0.29) is 0 Å². The molecule has 0 saturated heterocycles. The Bertz CT molecular complexity index is 326. The highest BCUT2D eigenvalue weighted by molar-refractivity contribution is 5.33. The van der Waals surface area contributed by atoms with Gasteiger partial charge in [0.05, 0.1) is 6.61 Å². The zero-order chi connectivity index (χ0) is 12.3. The first-order valence-electron chi connectivity index (χ1n) is 5.98. The number of ether oxygens (including phenoxy) is 2. The van der Waals surface area contributed by atoms with E-state index < -0.39 is 0 Å². The number of nitrogens with one attached hydrogen (secondary N) is 1. The molecule has 0 aliphatic heterocycles. The zero-order valence-electron chi connectivity index (χ0n) is 10.4. The summed E-state index contributed by atoms with van der Waals surface area (Å²) < 4.78 is 10.9. The van der Waals surface area contributed by atoms with Crippen LogP contribution in [0.25, 0.3) is 0 Å². The summed E-state index contributed by atoms with van der Waals surface area (Å²) in [7, 11) is 0. The molecule has 0 aliphatic carbocycles. The number of benzene rings is 1. The van der Waals surface area contributed by atoms with Crippen molar-refractivity contribution in [2.45, 2.75) is 13.5 Å². The molecule has 0 spiro atoms. The molecule has 0 fully saturated rings. The maximum absolute atomic E-state index is 5.68. The lowest BCUT2D eigenvalue weighted by Crippen LogP contribution is -2.14. The Morgan fingerprint density at radius 2 is 2.12 bits per heavy atom. The highest BCUT2D eigenvalue weighted by atomic mass is 16.5. The quantitative estimate of drug-likeness (QED) is 0.526. The van der Waals surface area contributed by atoms with Crippen LogP contribution in [0.5, 0.6) is 5.75 Å². The molecule has 0 saturated carbocycles. The number of hydrogen-bond donors (Lipinski definition) is 1. The minimum Gasteiger partial charge on any atom is -0.491 e. The third-order valence-electron chi connectivity index (χ3n) is 2.27. The molecule has 3 heteroatoms. The number of rotatable bonds is 9. The molecule has 1 rings (SSSR count). The minimum atomic E-state index is 0.590. The van der Waals surface area contributed by atoms with Crippen molar-refractivity contribution in [1.29, 1.82) is 0 Å². The molecule has 94 valence electrons. The van der Waals surface area contributed by atoms with Gasteiger partial charge in [-0.2, -0.15) is 0 Å². The van der Waals surface area contributed by atoms with Gasteiger partial charge >= 0.3 is 0 Å². The molecule has 17 heavy (non-hydrogen) atoms. The van der Waals surface area contributed by atoms with E-state index in [2.05, 4.69) is 18.0 Å². The maximum atomic E-state index is 5.68. The van der Waals surface area contributed by atoms with Gasteiger partial charge in [-0.3, -0.25) is 0 Å². The maximum Gasteiger partial charge on any atom is 0.123 e. The van der Waals surface area contributed by atoms with E-state index in [0.717, 1.165) is 31.0 Å². The van der Waals surface area contributed by atoms with Crippen LogP contribution in [-0.2, 0) is 11.3 Å². The average Bonchev–Trinajstić information content (AvgIpc) is 2.36. The van der Waals surface area contributed by atoms with Crippen LogP contribution in [0.15, 0.2) is 36.9 Å². The van der Waals surface area contributed by atoms with E-state index >= 15 is 0 Å². The smallest absolute Gasteiger partial charge is 0.123 e. The molecule has 0 aromatic heterocycles. The van der Waals surface area contributed by atoms with Gasteiger partial charge in [0, 0.05) is 25.3 Å². The summed E-state index contributed by atoms with van der Waals surface area (Å²) >= 11 is 0. The molecule has 0 amide bonds. The fourth-order valence-electron chi connectivity index (χ4n) is 1.45. The van der Waals surface area contributed by atoms with E-state index in [4.69, 9.17) is 9.47 Å². The molecular weight excluding hydrogens is 214 g/mol. The summed E-state index contributed by atoms with van der Waals surface area (Å²) in [6, 6.07) is 8.04. The van der Waals surface area contributed by atoms with Crippen LogP contribution in [0.4, 0.5) is 0 Å². The summed E-state index contributed by atoms with van der Waals surface area (Å²) in [4.78, 5) is 0. The van der Waals surface area contributed by atoms with Crippen molar-refractivity contribution < 1.29 is 9.47 Å². The van der Waals surface area contributed by atoms with Gasteiger partial charge in [0.15, 0.2) is 0 Å². The van der Waals surface area contributed by atoms with Gasteiger partial charge in [0.2, 0.25) is 0 Å². The molecule has 0 unspecified atom stereocenters. The van der Waals surface area contributed by atoms with Gasteiger partial charge in [-0.15, -0.1) is 6.58 Å². The third-order valence-corrected chi connectivity index (χ3v) is 2.27. The highest BCUT2D eigenvalue weighted by Crippen LogP contribution is 2.17. The normalized spacial score (nSPS) is 10.2. The Kier molecular flexibility index (Phi) is 7.11. The molecule has 1 N–H and O–H groups in total. The van der Waals surface area contributed by atoms with E-state index in [1.165, 1.54) is 0 Å². The van der Waals surface area contributed by atoms with E-state index in [9.17, 15) is 0 Å². The van der Waals surface area contributed by atoms with Crippen LogP contribution in [0.3, 0.4) is 0 Å². The Labute approximate surface area is 103 Å². The first-order chi connectivity index (χ1) is 8.38. The van der Waals surface area contributed by atoms with E-state index in [1.807, 2.05) is 31.2 Å².